The third-order valence-corrected chi connectivity index (χ3v) is 5.33. The molecule has 7 heteroatoms. The number of β-amino-alcohol motifs (C(OH)–C–C–N with tert-alkyl or cyclic N) is 1. The van der Waals surface area contributed by atoms with Crippen molar-refractivity contribution in [1.82, 2.24) is 15.6 Å². The first-order valence-corrected chi connectivity index (χ1v) is 9.99. The number of ether oxygens (including phenoxy) is 1. The van der Waals surface area contributed by atoms with Crippen LogP contribution in [0.15, 0.2) is 18.5 Å². The van der Waals surface area contributed by atoms with E-state index in [2.05, 4.69) is 29.5 Å². The van der Waals surface area contributed by atoms with Crippen molar-refractivity contribution < 1.29 is 19.0 Å². The lowest BCUT2D eigenvalue weighted by Crippen LogP contribution is -2.50. The van der Waals surface area contributed by atoms with E-state index in [1.165, 1.54) is 12.3 Å². The predicted octanol–water partition coefficient (Wildman–Crippen LogP) is 3.71. The fourth-order valence-corrected chi connectivity index (χ4v) is 3.67. The summed E-state index contributed by atoms with van der Waals surface area (Å²) in [5.74, 6) is -0.0337. The SMILES string of the molecule is CC(C)(C)OC(=O)NC1CCC(C(C)(C)NC[C@H](O)c2cncc(F)c2)CC1. The Kier molecular flexibility index (Phi) is 7.39. The van der Waals surface area contributed by atoms with Gasteiger partial charge in [0, 0.05) is 29.9 Å². The molecule has 0 saturated heterocycles. The first-order chi connectivity index (χ1) is 13.0. The highest BCUT2D eigenvalue weighted by atomic mass is 19.1. The Morgan fingerprint density at radius 1 is 1.25 bits per heavy atom. The molecule has 6 nitrogen and oxygen atoms in total. The maximum absolute atomic E-state index is 13.3. The van der Waals surface area contributed by atoms with E-state index in [1.807, 2.05) is 20.8 Å². The van der Waals surface area contributed by atoms with Crippen molar-refractivity contribution in [2.75, 3.05) is 6.54 Å². The Morgan fingerprint density at radius 3 is 2.46 bits per heavy atom. The molecule has 0 aliphatic heterocycles. The number of halogens is 1. The molecule has 1 aromatic rings. The molecule has 0 unspecified atom stereocenters. The van der Waals surface area contributed by atoms with E-state index in [0.717, 1.165) is 31.9 Å². The highest BCUT2D eigenvalue weighted by Gasteiger charge is 2.34. The van der Waals surface area contributed by atoms with Gasteiger partial charge in [-0.3, -0.25) is 4.98 Å². The van der Waals surface area contributed by atoms with Crippen LogP contribution in [0.4, 0.5) is 9.18 Å². The van der Waals surface area contributed by atoms with Crippen LogP contribution >= 0.6 is 0 Å². The number of nitrogens with one attached hydrogen (secondary N) is 2. The highest BCUT2D eigenvalue weighted by Crippen LogP contribution is 2.33. The number of pyridine rings is 1. The zero-order valence-corrected chi connectivity index (χ0v) is 17.6. The lowest BCUT2D eigenvalue weighted by molar-refractivity contribution is 0.0476. The highest BCUT2D eigenvalue weighted by molar-refractivity contribution is 5.68. The van der Waals surface area contributed by atoms with Crippen LogP contribution in [0.25, 0.3) is 0 Å². The average Bonchev–Trinajstić information content (AvgIpc) is 2.58. The number of rotatable bonds is 6. The number of hydrogen-bond donors (Lipinski definition) is 3. The van der Waals surface area contributed by atoms with Crippen molar-refractivity contribution in [3.63, 3.8) is 0 Å². The fraction of sp³-hybridized carbons (Fsp3) is 0.714. The molecular weight excluding hydrogens is 361 g/mol. The fourth-order valence-electron chi connectivity index (χ4n) is 3.67. The molecule has 2 rings (SSSR count). The van der Waals surface area contributed by atoms with Crippen molar-refractivity contribution in [2.24, 2.45) is 5.92 Å². The summed E-state index contributed by atoms with van der Waals surface area (Å²) in [5.41, 5.74) is -0.210. The molecule has 1 aromatic heterocycles. The summed E-state index contributed by atoms with van der Waals surface area (Å²) in [7, 11) is 0. The minimum absolute atomic E-state index is 0.130. The number of aromatic nitrogens is 1. The molecule has 0 bridgehead atoms. The van der Waals surface area contributed by atoms with Gasteiger partial charge in [0.05, 0.1) is 12.3 Å². The van der Waals surface area contributed by atoms with Crippen LogP contribution in [0.1, 0.15) is 72.0 Å². The van der Waals surface area contributed by atoms with Gasteiger partial charge >= 0.3 is 6.09 Å². The second kappa shape index (κ2) is 9.18. The molecule has 1 saturated carbocycles. The third kappa shape index (κ3) is 7.02. The monoisotopic (exact) mass is 395 g/mol. The summed E-state index contributed by atoms with van der Waals surface area (Å²) in [6, 6.07) is 1.44. The zero-order chi connectivity index (χ0) is 20.9. The van der Waals surface area contributed by atoms with Gasteiger partial charge in [-0.25, -0.2) is 9.18 Å². The van der Waals surface area contributed by atoms with Gasteiger partial charge in [-0.15, -0.1) is 0 Å². The summed E-state index contributed by atoms with van der Waals surface area (Å²) in [6.07, 6.45) is 5.16. The van der Waals surface area contributed by atoms with Gasteiger partial charge in [0.15, 0.2) is 0 Å². The molecule has 3 N–H and O–H groups in total. The second-order valence-corrected chi connectivity index (χ2v) is 9.25. The predicted molar refractivity (Wildman–Crippen MR) is 106 cm³/mol. The number of alkyl carbamates (subject to hydrolysis) is 1. The first-order valence-electron chi connectivity index (χ1n) is 9.99. The van der Waals surface area contributed by atoms with Crippen LogP contribution in [-0.2, 0) is 4.74 Å². The molecule has 0 aromatic carbocycles. The van der Waals surface area contributed by atoms with Crippen LogP contribution in [0, 0.1) is 11.7 Å². The molecule has 1 heterocycles. The molecule has 158 valence electrons. The van der Waals surface area contributed by atoms with E-state index in [-0.39, 0.29) is 17.7 Å². The van der Waals surface area contributed by atoms with Crippen molar-refractivity contribution in [3.8, 4) is 0 Å². The van der Waals surface area contributed by atoms with Crippen LogP contribution in [0.5, 0.6) is 0 Å². The molecule has 28 heavy (non-hydrogen) atoms. The summed E-state index contributed by atoms with van der Waals surface area (Å²) < 4.78 is 18.6. The zero-order valence-electron chi connectivity index (χ0n) is 17.6. The van der Waals surface area contributed by atoms with Gasteiger partial charge in [0.25, 0.3) is 0 Å². The number of aliphatic hydroxyl groups is 1. The number of carbonyl (C=O) groups excluding carboxylic acids is 1. The number of carbonyl (C=O) groups is 1. The van der Waals surface area contributed by atoms with Gasteiger partial charge < -0.3 is 20.5 Å². The number of aliphatic hydroxyl groups excluding tert-OH is 1. The Labute approximate surface area is 167 Å². The van der Waals surface area contributed by atoms with E-state index in [0.29, 0.717) is 18.0 Å². The van der Waals surface area contributed by atoms with Crippen LogP contribution < -0.4 is 10.6 Å². The van der Waals surface area contributed by atoms with Gasteiger partial charge in [-0.2, -0.15) is 0 Å². The molecule has 0 radical (unpaired) electrons. The van der Waals surface area contributed by atoms with E-state index < -0.39 is 17.5 Å². The van der Waals surface area contributed by atoms with Gasteiger partial charge in [-0.1, -0.05) is 0 Å². The van der Waals surface area contributed by atoms with E-state index in [4.69, 9.17) is 4.74 Å². The molecule has 0 spiro atoms. The van der Waals surface area contributed by atoms with Crippen molar-refractivity contribution in [3.05, 3.63) is 29.8 Å². The topological polar surface area (TPSA) is 83.5 Å². The number of amides is 1. The minimum Gasteiger partial charge on any atom is -0.444 e. The maximum Gasteiger partial charge on any atom is 0.407 e. The van der Waals surface area contributed by atoms with Crippen LogP contribution in [0.2, 0.25) is 0 Å². The summed E-state index contributed by atoms with van der Waals surface area (Å²) >= 11 is 0. The molecule has 1 aliphatic carbocycles. The smallest absolute Gasteiger partial charge is 0.407 e. The summed E-state index contributed by atoms with van der Waals surface area (Å²) in [6.45, 7) is 10.1. The van der Waals surface area contributed by atoms with E-state index in [9.17, 15) is 14.3 Å². The molecule has 1 fully saturated rings. The standard InChI is InChI=1S/C21H34FN3O3/c1-20(2,3)28-19(27)25-17-8-6-15(7-9-17)21(4,5)24-13-18(26)14-10-16(22)12-23-11-14/h10-12,15,17-18,24,26H,6-9,13H2,1-5H3,(H,25,27)/t15?,17?,18-/m0/s1. The Morgan fingerprint density at radius 2 is 1.89 bits per heavy atom. The van der Waals surface area contributed by atoms with E-state index >= 15 is 0 Å². The van der Waals surface area contributed by atoms with E-state index in [1.54, 1.807) is 0 Å². The maximum atomic E-state index is 13.3. The van der Waals surface area contributed by atoms with Crippen molar-refractivity contribution in [2.45, 2.75) is 83.6 Å². The Balaban J connectivity index is 1.79. The Hall–Kier alpha value is -1.73. The van der Waals surface area contributed by atoms with Gasteiger partial charge in [-0.05, 0) is 72.3 Å². The summed E-state index contributed by atoms with van der Waals surface area (Å²) in [4.78, 5) is 15.7. The molecule has 1 aliphatic rings. The van der Waals surface area contributed by atoms with Gasteiger partial charge in [0.2, 0.25) is 0 Å². The largest absolute Gasteiger partial charge is 0.444 e. The average molecular weight is 396 g/mol. The minimum atomic E-state index is -0.812. The third-order valence-electron chi connectivity index (χ3n) is 5.33. The van der Waals surface area contributed by atoms with Crippen molar-refractivity contribution in [1.29, 1.82) is 0 Å². The second-order valence-electron chi connectivity index (χ2n) is 9.25. The van der Waals surface area contributed by atoms with Crippen molar-refractivity contribution >= 4 is 6.09 Å². The normalized spacial score (nSPS) is 21.8. The number of nitrogens with zero attached hydrogens (tertiary/aromatic N) is 1. The lowest BCUT2D eigenvalue weighted by Gasteiger charge is -2.40. The Bertz CT molecular complexity index is 653. The molecule has 1 amide bonds. The number of hydrogen-bond acceptors (Lipinski definition) is 5. The van der Waals surface area contributed by atoms with Gasteiger partial charge in [0.1, 0.15) is 11.4 Å². The van der Waals surface area contributed by atoms with Crippen LogP contribution in [0.3, 0.4) is 0 Å². The quantitative estimate of drug-likeness (QED) is 0.684. The first kappa shape index (κ1) is 22.6. The molecule has 1 atom stereocenters. The lowest BCUT2D eigenvalue weighted by atomic mass is 9.75. The summed E-state index contributed by atoms with van der Waals surface area (Å²) in [5, 5.41) is 16.7. The molecular formula is C21H34FN3O3. The van der Waals surface area contributed by atoms with Crippen LogP contribution in [-0.4, -0.2) is 39.9 Å².